The topological polar surface area (TPSA) is 176 Å². The molecule has 2 fully saturated rings. The lowest BCUT2D eigenvalue weighted by Gasteiger charge is -2.23. The van der Waals surface area contributed by atoms with Crippen molar-refractivity contribution in [2.45, 2.75) is 70.6 Å². The fourth-order valence-corrected chi connectivity index (χ4v) is 5.58. The van der Waals surface area contributed by atoms with Gasteiger partial charge in [-0.3, -0.25) is 37.7 Å². The van der Waals surface area contributed by atoms with Crippen molar-refractivity contribution in [3.05, 3.63) is 65.7 Å². The van der Waals surface area contributed by atoms with E-state index in [4.69, 9.17) is 18.5 Å². The van der Waals surface area contributed by atoms with Crippen molar-refractivity contribution in [3.63, 3.8) is 0 Å². The van der Waals surface area contributed by atoms with Gasteiger partial charge in [-0.1, -0.05) is 13.8 Å². The molecule has 0 aliphatic carbocycles. The molecule has 8 atom stereocenters. The maximum atomic E-state index is 15.0. The van der Waals surface area contributed by atoms with Crippen LogP contribution < -0.4 is 22.5 Å². The molecule has 0 amide bonds. The minimum Gasteiger partial charge on any atom is -0.352 e. The molecule has 0 radical (unpaired) electrons. The normalized spacial score (nSPS) is 30.8. The minimum atomic E-state index is -4.18. The van der Waals surface area contributed by atoms with Crippen LogP contribution in [0.3, 0.4) is 0 Å². The van der Waals surface area contributed by atoms with Crippen LogP contribution in [0, 0.1) is 12.8 Å². The molecule has 0 spiro atoms. The van der Waals surface area contributed by atoms with E-state index in [1.807, 2.05) is 11.9 Å². The van der Waals surface area contributed by atoms with Gasteiger partial charge in [0.05, 0.1) is 24.9 Å². The van der Waals surface area contributed by atoms with Gasteiger partial charge in [0.2, 0.25) is 0 Å². The number of H-pyrrole nitrogens is 2. The predicted octanol–water partition coefficient (Wildman–Crippen LogP) is 1.17. The Kier molecular flexibility index (Phi) is 8.14. The first-order chi connectivity index (χ1) is 18.0. The summed E-state index contributed by atoms with van der Waals surface area (Å²) >= 11 is 0. The van der Waals surface area contributed by atoms with E-state index in [2.05, 4.69) is 16.5 Å². The number of aromatic nitrogens is 4. The highest BCUT2D eigenvalue weighted by molar-refractivity contribution is 7.52. The van der Waals surface area contributed by atoms with Crippen molar-refractivity contribution < 1.29 is 27.5 Å². The third kappa shape index (κ3) is 5.57. The SMILES string of the molecule is C=NP(=O)(OC[C@H]1O[C@@H](n2ccc(=O)[nH]c2=O)[C@@H](F)C1C)OC1C[C@H](n2cc(C)c(=O)[nH]c2=O)O[C@@H]1CC. The van der Waals surface area contributed by atoms with E-state index in [1.54, 1.807) is 6.92 Å². The zero-order valence-corrected chi connectivity index (χ0v) is 21.8. The Morgan fingerprint density at radius 1 is 1.18 bits per heavy atom. The molecular weight excluding hydrogens is 528 g/mol. The number of nitrogens with one attached hydrogen (secondary N) is 2. The van der Waals surface area contributed by atoms with Crippen LogP contribution in [0.2, 0.25) is 0 Å². The molecule has 4 rings (SSSR count). The van der Waals surface area contributed by atoms with Gasteiger partial charge in [0.15, 0.2) is 12.4 Å². The lowest BCUT2D eigenvalue weighted by molar-refractivity contribution is -0.0429. The Labute approximate surface area is 215 Å². The van der Waals surface area contributed by atoms with Gasteiger partial charge in [-0.25, -0.2) is 18.5 Å². The van der Waals surface area contributed by atoms with Crippen molar-refractivity contribution in [1.29, 1.82) is 0 Å². The Hall–Kier alpha value is -2.97. The molecule has 2 aromatic rings. The number of halogens is 1. The summed E-state index contributed by atoms with van der Waals surface area (Å²) in [5.74, 6) is -0.768. The molecule has 2 saturated heterocycles. The van der Waals surface area contributed by atoms with Gasteiger partial charge in [0.1, 0.15) is 6.23 Å². The quantitative estimate of drug-likeness (QED) is 0.339. The highest BCUT2D eigenvalue weighted by Gasteiger charge is 2.46. The van der Waals surface area contributed by atoms with Crippen molar-refractivity contribution in [2.75, 3.05) is 6.61 Å². The molecule has 0 bridgehead atoms. The second kappa shape index (κ2) is 11.0. The number of aromatic amines is 2. The van der Waals surface area contributed by atoms with E-state index in [9.17, 15) is 28.1 Å². The van der Waals surface area contributed by atoms with Crippen LogP contribution in [-0.4, -0.2) is 56.9 Å². The first kappa shape index (κ1) is 28.0. The molecular formula is C22H29FN5O9P. The number of rotatable bonds is 9. The first-order valence-electron chi connectivity index (χ1n) is 12.0. The first-order valence-corrected chi connectivity index (χ1v) is 13.5. The van der Waals surface area contributed by atoms with E-state index in [1.165, 1.54) is 17.7 Å². The van der Waals surface area contributed by atoms with E-state index in [0.717, 1.165) is 16.8 Å². The maximum absolute atomic E-state index is 15.0. The van der Waals surface area contributed by atoms with Crippen molar-refractivity contribution in [2.24, 2.45) is 10.7 Å². The minimum absolute atomic E-state index is 0.104. The smallest absolute Gasteiger partial charge is 0.352 e. The van der Waals surface area contributed by atoms with Gasteiger partial charge >= 0.3 is 19.1 Å². The summed E-state index contributed by atoms with van der Waals surface area (Å²) in [4.78, 5) is 51.6. The summed E-state index contributed by atoms with van der Waals surface area (Å²) in [6.07, 6.45) is -3.01. The van der Waals surface area contributed by atoms with Crippen LogP contribution in [0.5, 0.6) is 0 Å². The summed E-state index contributed by atoms with van der Waals surface area (Å²) < 4.78 is 56.7. The molecule has 2 aliphatic rings. The lowest BCUT2D eigenvalue weighted by Crippen LogP contribution is -2.34. The zero-order valence-electron chi connectivity index (χ0n) is 20.9. The number of ether oxygens (including phenoxy) is 2. The van der Waals surface area contributed by atoms with E-state index in [-0.39, 0.29) is 6.42 Å². The Balaban J connectivity index is 1.44. The lowest BCUT2D eigenvalue weighted by atomic mass is 10.0. The van der Waals surface area contributed by atoms with Gasteiger partial charge < -0.3 is 9.47 Å². The van der Waals surface area contributed by atoms with Gasteiger partial charge in [-0.2, -0.15) is 4.76 Å². The highest BCUT2D eigenvalue weighted by Crippen LogP contribution is 2.54. The summed E-state index contributed by atoms with van der Waals surface area (Å²) in [5.41, 5.74) is -2.33. The molecule has 0 saturated carbocycles. The van der Waals surface area contributed by atoms with Crippen LogP contribution in [0.25, 0.3) is 0 Å². The summed E-state index contributed by atoms with van der Waals surface area (Å²) in [6, 6.07) is 1.07. The molecule has 2 aromatic heterocycles. The fourth-order valence-electron chi connectivity index (χ4n) is 4.47. The number of nitrogens with zero attached hydrogens (tertiary/aromatic N) is 3. The summed E-state index contributed by atoms with van der Waals surface area (Å²) in [7, 11) is -4.18. The molecule has 3 unspecified atom stereocenters. The molecule has 14 nitrogen and oxygen atoms in total. The maximum Gasteiger partial charge on any atom is 0.453 e. The number of aryl methyl sites for hydroxylation is 1. The molecule has 4 heterocycles. The molecule has 2 N–H and O–H groups in total. The van der Waals surface area contributed by atoms with Crippen molar-refractivity contribution in [3.8, 4) is 0 Å². The van der Waals surface area contributed by atoms with E-state index >= 15 is 0 Å². The van der Waals surface area contributed by atoms with Crippen molar-refractivity contribution in [1.82, 2.24) is 19.1 Å². The Bertz CT molecular complexity index is 1470. The number of hydrogen-bond donors (Lipinski definition) is 2. The van der Waals surface area contributed by atoms with Crippen molar-refractivity contribution >= 4 is 14.5 Å². The van der Waals surface area contributed by atoms with Crippen LogP contribution in [0.1, 0.15) is 44.7 Å². The van der Waals surface area contributed by atoms with Crippen LogP contribution in [-0.2, 0) is 23.1 Å². The Morgan fingerprint density at radius 2 is 1.89 bits per heavy atom. The number of alkyl halides is 1. The van der Waals surface area contributed by atoms with E-state index in [0.29, 0.717) is 12.0 Å². The van der Waals surface area contributed by atoms with E-state index < -0.39 is 79.7 Å². The van der Waals surface area contributed by atoms with Crippen LogP contribution in [0.15, 0.2) is 42.4 Å². The zero-order chi connectivity index (χ0) is 27.8. The summed E-state index contributed by atoms with van der Waals surface area (Å²) in [6.45, 7) is 7.81. The highest BCUT2D eigenvalue weighted by atomic mass is 31.2. The summed E-state index contributed by atoms with van der Waals surface area (Å²) in [5, 5.41) is 0. The third-order valence-electron chi connectivity index (χ3n) is 6.68. The average molecular weight is 557 g/mol. The number of hydrogen-bond acceptors (Lipinski definition) is 9. The second-order valence-corrected chi connectivity index (χ2v) is 10.9. The molecule has 208 valence electrons. The fraction of sp³-hybridized carbons (Fsp3) is 0.591. The molecule has 2 aliphatic heterocycles. The second-order valence-electron chi connectivity index (χ2n) is 9.19. The average Bonchev–Trinajstić information content (AvgIpc) is 3.40. The van der Waals surface area contributed by atoms with Crippen LogP contribution in [0.4, 0.5) is 4.39 Å². The predicted molar refractivity (Wildman–Crippen MR) is 132 cm³/mol. The van der Waals surface area contributed by atoms with Gasteiger partial charge in [0.25, 0.3) is 11.1 Å². The van der Waals surface area contributed by atoms with Gasteiger partial charge in [-0.15, -0.1) is 0 Å². The molecule has 38 heavy (non-hydrogen) atoms. The molecule has 16 heteroatoms. The van der Waals surface area contributed by atoms with Gasteiger partial charge in [-0.05, 0) is 20.1 Å². The Morgan fingerprint density at radius 3 is 2.55 bits per heavy atom. The third-order valence-corrected chi connectivity index (χ3v) is 8.04. The standard InChI is InChI=1S/C22H29FN5O9P/c1-5-13-14(8-17(35-13)28-9-11(2)19(30)26-22(28)32)37-38(33,24-4)34-10-15-12(3)18(23)20(36-15)27-7-6-16(29)25-21(27)31/h6-7,9,12-15,17-18,20H,4-5,8,10H2,1-3H3,(H,25,29,31)(H,26,30,32)/t12?,13-,14?,15-,17-,18+,20-,38?/m1/s1. The molecule has 0 aromatic carbocycles. The van der Waals surface area contributed by atoms with Gasteiger partial charge in [0, 0.05) is 36.4 Å². The van der Waals surface area contributed by atoms with Crippen LogP contribution >= 0.6 is 7.75 Å². The largest absolute Gasteiger partial charge is 0.453 e. The monoisotopic (exact) mass is 557 g/mol.